The summed E-state index contributed by atoms with van der Waals surface area (Å²) in [6.07, 6.45) is 16.1. The third-order valence-electron chi connectivity index (χ3n) is 9.59. The molecule has 2 aliphatic carbocycles. The van der Waals surface area contributed by atoms with Crippen molar-refractivity contribution in [3.05, 3.63) is 66.2 Å². The molecule has 0 bridgehead atoms. The molecule has 0 saturated heterocycles. The predicted molar refractivity (Wildman–Crippen MR) is 181 cm³/mol. The van der Waals surface area contributed by atoms with Crippen molar-refractivity contribution in [1.82, 2.24) is 0 Å². The molecule has 2 N–H and O–H groups in total. The van der Waals surface area contributed by atoms with E-state index in [4.69, 9.17) is 24.4 Å². The molecule has 4 rings (SSSR count). The van der Waals surface area contributed by atoms with Gasteiger partial charge in [-0.1, -0.05) is 32.4 Å². The third kappa shape index (κ3) is 11.4. The van der Waals surface area contributed by atoms with Crippen LogP contribution in [0, 0.1) is 17.8 Å². The SMILES string of the molecule is C=CC(=O)OCCCCCCOc1ccc(OC(=O)C2CCC(C(=O)Oc3ccc(C4CCC(CCC)CC4)cc3C=[NH2+])CC2)cc1. The summed E-state index contributed by atoms with van der Waals surface area (Å²) in [5.41, 5.74) is 2.02. The molecular formula is C39H52NO7+. The van der Waals surface area contributed by atoms with E-state index in [0.717, 1.165) is 37.2 Å². The van der Waals surface area contributed by atoms with Gasteiger partial charge in [0.25, 0.3) is 0 Å². The second kappa shape index (κ2) is 19.0. The van der Waals surface area contributed by atoms with E-state index in [2.05, 4.69) is 25.6 Å². The number of benzene rings is 2. The van der Waals surface area contributed by atoms with Gasteiger partial charge in [0.05, 0.1) is 30.6 Å². The molecule has 2 fully saturated rings. The molecule has 0 spiro atoms. The Hall–Kier alpha value is -3.94. The van der Waals surface area contributed by atoms with Crippen LogP contribution in [0.3, 0.4) is 0 Å². The van der Waals surface area contributed by atoms with Crippen LogP contribution in [0.15, 0.2) is 55.1 Å². The molecule has 8 nitrogen and oxygen atoms in total. The van der Waals surface area contributed by atoms with Gasteiger partial charge in [0, 0.05) is 6.08 Å². The summed E-state index contributed by atoms with van der Waals surface area (Å²) >= 11 is 0. The van der Waals surface area contributed by atoms with Crippen molar-refractivity contribution >= 4 is 24.1 Å². The van der Waals surface area contributed by atoms with Crippen LogP contribution in [0.2, 0.25) is 0 Å². The van der Waals surface area contributed by atoms with Crippen molar-refractivity contribution in [1.29, 1.82) is 0 Å². The van der Waals surface area contributed by atoms with Crippen LogP contribution in [0.1, 0.15) is 114 Å². The minimum absolute atomic E-state index is 0.255. The zero-order valence-corrected chi connectivity index (χ0v) is 28.0. The highest BCUT2D eigenvalue weighted by atomic mass is 16.5. The van der Waals surface area contributed by atoms with Gasteiger partial charge in [0.2, 0.25) is 0 Å². The first-order valence-electron chi connectivity index (χ1n) is 17.5. The number of carbonyl (C=O) groups is 3. The highest BCUT2D eigenvalue weighted by Crippen LogP contribution is 2.39. The predicted octanol–water partition coefficient (Wildman–Crippen LogP) is 6.92. The first-order chi connectivity index (χ1) is 22.9. The molecule has 0 atom stereocenters. The van der Waals surface area contributed by atoms with Gasteiger partial charge in [-0.25, -0.2) is 4.79 Å². The molecular weight excluding hydrogens is 594 g/mol. The molecule has 47 heavy (non-hydrogen) atoms. The molecule has 254 valence electrons. The van der Waals surface area contributed by atoms with E-state index in [1.807, 2.05) is 6.07 Å². The maximum Gasteiger partial charge on any atom is 0.330 e. The van der Waals surface area contributed by atoms with E-state index < -0.39 is 0 Å². The topological polar surface area (TPSA) is 114 Å². The van der Waals surface area contributed by atoms with Gasteiger partial charge in [0.1, 0.15) is 17.2 Å². The average Bonchev–Trinajstić information content (AvgIpc) is 3.10. The fraction of sp³-hybridized carbons (Fsp3) is 0.538. The lowest BCUT2D eigenvalue weighted by Crippen LogP contribution is -2.32. The highest BCUT2D eigenvalue weighted by molar-refractivity contribution is 5.84. The highest BCUT2D eigenvalue weighted by Gasteiger charge is 2.32. The lowest BCUT2D eigenvalue weighted by molar-refractivity contribution is -0.145. The number of nitrogens with two attached hydrogens (primary N) is 1. The lowest BCUT2D eigenvalue weighted by atomic mass is 9.77. The number of carbonyl (C=O) groups excluding carboxylic acids is 3. The van der Waals surface area contributed by atoms with Crippen molar-refractivity contribution in [3.63, 3.8) is 0 Å². The fourth-order valence-corrected chi connectivity index (χ4v) is 6.78. The van der Waals surface area contributed by atoms with E-state index in [0.29, 0.717) is 62.1 Å². The average molecular weight is 647 g/mol. The minimum atomic E-state index is -0.389. The van der Waals surface area contributed by atoms with E-state index in [9.17, 15) is 14.4 Å². The molecule has 8 heteroatoms. The van der Waals surface area contributed by atoms with E-state index in [1.165, 1.54) is 56.4 Å². The molecule has 2 aromatic rings. The molecule has 0 aromatic heterocycles. The van der Waals surface area contributed by atoms with Gasteiger partial charge in [-0.05, 0) is 131 Å². The van der Waals surface area contributed by atoms with Crippen molar-refractivity contribution in [3.8, 4) is 17.2 Å². The van der Waals surface area contributed by atoms with Gasteiger partial charge < -0.3 is 18.9 Å². The third-order valence-corrected chi connectivity index (χ3v) is 9.59. The standard InChI is InChI=1S/C39H51NO7/c1-3-9-28-10-12-29(13-11-28)32-18-23-36(33(26-32)27-40)47-39(43)31-16-14-30(15-17-31)38(42)46-35-21-19-34(20-22-35)44-24-7-5-6-8-25-45-37(41)4-2/h4,18-23,26-31,40H,2-3,5-17,24-25H2,1H3/p+1. The maximum atomic E-state index is 13.1. The Kier molecular flexibility index (Phi) is 14.5. The van der Waals surface area contributed by atoms with Gasteiger partial charge in [-0.2, -0.15) is 0 Å². The van der Waals surface area contributed by atoms with Crippen molar-refractivity contribution in [2.24, 2.45) is 17.8 Å². The summed E-state index contributed by atoms with van der Waals surface area (Å²) in [6.45, 7) is 6.62. The number of unbranched alkanes of at least 4 members (excludes halogenated alkanes) is 3. The monoisotopic (exact) mass is 646 g/mol. The second-order valence-corrected chi connectivity index (χ2v) is 13.0. The minimum Gasteiger partial charge on any atom is -0.494 e. The Labute approximate surface area is 279 Å². The van der Waals surface area contributed by atoms with Crippen LogP contribution in [0.4, 0.5) is 0 Å². The molecule has 2 saturated carbocycles. The Morgan fingerprint density at radius 2 is 1.40 bits per heavy atom. The van der Waals surface area contributed by atoms with Crippen LogP contribution in [0.5, 0.6) is 17.2 Å². The van der Waals surface area contributed by atoms with Crippen LogP contribution >= 0.6 is 0 Å². The zero-order chi connectivity index (χ0) is 33.4. The summed E-state index contributed by atoms with van der Waals surface area (Å²) in [5, 5.41) is 5.96. The zero-order valence-electron chi connectivity index (χ0n) is 28.0. The molecule has 0 aliphatic heterocycles. The Morgan fingerprint density at radius 1 is 0.787 bits per heavy atom. The Morgan fingerprint density at radius 3 is 2.02 bits per heavy atom. The second-order valence-electron chi connectivity index (χ2n) is 13.0. The fourth-order valence-electron chi connectivity index (χ4n) is 6.78. The molecule has 2 aliphatic rings. The van der Waals surface area contributed by atoms with Crippen molar-refractivity contribution in [2.45, 2.75) is 103 Å². The van der Waals surface area contributed by atoms with Gasteiger partial charge in [0.15, 0.2) is 6.21 Å². The number of hydrogen-bond acceptors (Lipinski definition) is 7. The smallest absolute Gasteiger partial charge is 0.330 e. The van der Waals surface area contributed by atoms with Crippen molar-refractivity contribution in [2.75, 3.05) is 13.2 Å². The van der Waals surface area contributed by atoms with Crippen LogP contribution in [0.25, 0.3) is 0 Å². The number of esters is 3. The Bertz CT molecular complexity index is 1320. The first kappa shape index (κ1) is 35.9. The quantitative estimate of drug-likeness (QED) is 0.0652. The molecule has 0 heterocycles. The normalized spacial score (nSPS) is 20.9. The van der Waals surface area contributed by atoms with Gasteiger partial charge in [-0.15, -0.1) is 0 Å². The maximum absolute atomic E-state index is 13.1. The summed E-state index contributed by atoms with van der Waals surface area (Å²) in [6, 6.07) is 13.1. The van der Waals surface area contributed by atoms with Crippen LogP contribution in [-0.2, 0) is 19.1 Å². The van der Waals surface area contributed by atoms with Crippen LogP contribution < -0.4 is 19.6 Å². The van der Waals surface area contributed by atoms with Gasteiger partial charge >= 0.3 is 17.9 Å². The van der Waals surface area contributed by atoms with E-state index >= 15 is 0 Å². The molecule has 0 amide bonds. The lowest BCUT2D eigenvalue weighted by Gasteiger charge is -2.29. The van der Waals surface area contributed by atoms with E-state index in [-0.39, 0.29) is 29.7 Å². The van der Waals surface area contributed by atoms with Crippen molar-refractivity contribution < 1.29 is 38.7 Å². The van der Waals surface area contributed by atoms with Gasteiger partial charge in [-0.3, -0.25) is 15.0 Å². The summed E-state index contributed by atoms with van der Waals surface area (Å²) in [4.78, 5) is 37.0. The Balaban J connectivity index is 1.14. The summed E-state index contributed by atoms with van der Waals surface area (Å²) < 4.78 is 22.2. The summed E-state index contributed by atoms with van der Waals surface area (Å²) in [5.74, 6) is 1.62. The number of rotatable bonds is 17. The first-order valence-corrected chi connectivity index (χ1v) is 17.5. The molecule has 0 unspecified atom stereocenters. The number of ether oxygens (including phenoxy) is 4. The van der Waals surface area contributed by atoms with E-state index in [1.54, 1.807) is 24.3 Å². The number of hydrogen-bond donors (Lipinski definition) is 1. The summed E-state index contributed by atoms with van der Waals surface area (Å²) in [7, 11) is 0. The molecule has 2 aromatic carbocycles. The molecule has 0 radical (unpaired) electrons. The van der Waals surface area contributed by atoms with Crippen LogP contribution in [-0.4, -0.2) is 37.3 Å². The largest absolute Gasteiger partial charge is 0.494 e.